The topological polar surface area (TPSA) is 63.0 Å². The molecule has 4 rings (SSSR count). The molecule has 0 N–H and O–H groups in total. The van der Waals surface area contributed by atoms with Crippen LogP contribution in [0.15, 0.2) is 41.3 Å². The van der Waals surface area contributed by atoms with E-state index in [2.05, 4.69) is 45.8 Å². The molecule has 0 amide bonds. The Morgan fingerprint density at radius 2 is 1.77 bits per heavy atom. The maximum atomic E-state index is 6.34. The van der Waals surface area contributed by atoms with Crippen molar-refractivity contribution >= 4 is 39.2 Å². The highest BCUT2D eigenvalue weighted by molar-refractivity contribution is 9.10. The van der Waals surface area contributed by atoms with Gasteiger partial charge in [-0.25, -0.2) is 19.6 Å². The minimum atomic E-state index is 0.659. The Balaban J connectivity index is 1.51. The van der Waals surface area contributed by atoms with E-state index in [1.165, 1.54) is 0 Å². The van der Waals surface area contributed by atoms with Gasteiger partial charge in [0.2, 0.25) is 0 Å². The minimum Gasteiger partial charge on any atom is -0.353 e. The highest BCUT2D eigenvalue weighted by Crippen LogP contribution is 2.27. The third-order valence-electron chi connectivity index (χ3n) is 4.24. The van der Waals surface area contributed by atoms with Crippen molar-refractivity contribution in [1.82, 2.24) is 24.7 Å². The molecule has 0 radical (unpaired) electrons. The van der Waals surface area contributed by atoms with Gasteiger partial charge in [0, 0.05) is 55.3 Å². The number of aryl methyl sites for hydroxylation is 1. The second-order valence-electron chi connectivity index (χ2n) is 6.02. The van der Waals surface area contributed by atoms with Crippen LogP contribution in [0.3, 0.4) is 0 Å². The highest BCUT2D eigenvalue weighted by Gasteiger charge is 2.21. The first-order valence-corrected chi connectivity index (χ1v) is 9.44. The number of piperazine rings is 1. The Bertz CT molecular complexity index is 907. The standard InChI is InChI=1S/C17H17BrClN7/c1-12-22-15(10-16(23-12)26-4-2-3-21-26)24-5-7-25(8-6-24)17-14(19)9-13(18)11-20-17/h2-4,9-11H,5-8H2,1H3. The lowest BCUT2D eigenvalue weighted by Crippen LogP contribution is -2.47. The molecule has 4 heterocycles. The van der Waals surface area contributed by atoms with E-state index in [-0.39, 0.29) is 0 Å². The van der Waals surface area contributed by atoms with Crippen molar-refractivity contribution in [2.75, 3.05) is 36.0 Å². The summed E-state index contributed by atoms with van der Waals surface area (Å²) in [7, 11) is 0. The molecular formula is C17H17BrClN7. The van der Waals surface area contributed by atoms with Gasteiger partial charge < -0.3 is 9.80 Å². The number of hydrogen-bond donors (Lipinski definition) is 0. The average Bonchev–Trinajstić information content (AvgIpc) is 3.16. The van der Waals surface area contributed by atoms with Crippen molar-refractivity contribution in [3.63, 3.8) is 0 Å². The summed E-state index contributed by atoms with van der Waals surface area (Å²) in [5, 5.41) is 4.91. The van der Waals surface area contributed by atoms with Gasteiger partial charge in [-0.1, -0.05) is 11.6 Å². The number of rotatable bonds is 3. The molecule has 9 heteroatoms. The Kier molecular flexibility index (Phi) is 4.78. The summed E-state index contributed by atoms with van der Waals surface area (Å²) >= 11 is 9.73. The van der Waals surface area contributed by atoms with Crippen molar-refractivity contribution in [3.05, 3.63) is 52.1 Å². The maximum absolute atomic E-state index is 6.34. The van der Waals surface area contributed by atoms with E-state index in [1.807, 2.05) is 31.3 Å². The van der Waals surface area contributed by atoms with Gasteiger partial charge in [-0.15, -0.1) is 0 Å². The van der Waals surface area contributed by atoms with Crippen LogP contribution in [0.5, 0.6) is 0 Å². The smallest absolute Gasteiger partial charge is 0.159 e. The maximum Gasteiger partial charge on any atom is 0.159 e. The first-order valence-electron chi connectivity index (χ1n) is 8.27. The SMILES string of the molecule is Cc1nc(N2CCN(c3ncc(Br)cc3Cl)CC2)cc(-n2cccn2)n1. The normalized spacial score (nSPS) is 14.7. The summed E-state index contributed by atoms with van der Waals surface area (Å²) < 4.78 is 2.63. The predicted molar refractivity (Wildman–Crippen MR) is 105 cm³/mol. The zero-order valence-electron chi connectivity index (χ0n) is 14.2. The monoisotopic (exact) mass is 433 g/mol. The molecule has 0 atom stereocenters. The van der Waals surface area contributed by atoms with E-state index in [9.17, 15) is 0 Å². The van der Waals surface area contributed by atoms with Gasteiger partial charge in [-0.2, -0.15) is 5.10 Å². The molecule has 0 saturated carbocycles. The molecule has 0 spiro atoms. The van der Waals surface area contributed by atoms with Gasteiger partial charge in [-0.3, -0.25) is 0 Å². The van der Waals surface area contributed by atoms with Crippen molar-refractivity contribution in [2.24, 2.45) is 0 Å². The van der Waals surface area contributed by atoms with Crippen molar-refractivity contribution < 1.29 is 0 Å². The first kappa shape index (κ1) is 17.2. The molecule has 1 aliphatic heterocycles. The molecule has 0 aliphatic carbocycles. The number of hydrogen-bond acceptors (Lipinski definition) is 6. The lowest BCUT2D eigenvalue weighted by atomic mass is 10.3. The van der Waals surface area contributed by atoms with E-state index in [0.717, 1.165) is 53.9 Å². The summed E-state index contributed by atoms with van der Waals surface area (Å²) in [6.45, 7) is 5.23. The van der Waals surface area contributed by atoms with Crippen molar-refractivity contribution in [2.45, 2.75) is 6.92 Å². The van der Waals surface area contributed by atoms with Crippen LogP contribution in [-0.4, -0.2) is 50.9 Å². The number of aromatic nitrogens is 5. The van der Waals surface area contributed by atoms with Gasteiger partial charge in [0.1, 0.15) is 17.5 Å². The summed E-state index contributed by atoms with van der Waals surface area (Å²) in [4.78, 5) is 18.0. The van der Waals surface area contributed by atoms with Gasteiger partial charge in [0.15, 0.2) is 5.82 Å². The molecule has 3 aromatic rings. The second kappa shape index (κ2) is 7.20. The largest absolute Gasteiger partial charge is 0.353 e. The molecule has 1 saturated heterocycles. The summed E-state index contributed by atoms with van der Waals surface area (Å²) in [6, 6.07) is 5.73. The van der Waals surface area contributed by atoms with Gasteiger partial charge in [-0.05, 0) is 35.0 Å². The average molecular weight is 435 g/mol. The van der Waals surface area contributed by atoms with Crippen LogP contribution in [0, 0.1) is 6.92 Å². The molecule has 1 aliphatic rings. The minimum absolute atomic E-state index is 0.659. The number of anilines is 2. The summed E-state index contributed by atoms with van der Waals surface area (Å²) in [5.41, 5.74) is 0. The second-order valence-corrected chi connectivity index (χ2v) is 7.34. The highest BCUT2D eigenvalue weighted by atomic mass is 79.9. The number of nitrogens with zero attached hydrogens (tertiary/aromatic N) is 7. The molecular weight excluding hydrogens is 418 g/mol. The number of halogens is 2. The predicted octanol–water partition coefficient (Wildman–Crippen LogP) is 3.11. The van der Waals surface area contributed by atoms with Crippen LogP contribution in [0.1, 0.15) is 5.82 Å². The van der Waals surface area contributed by atoms with Crippen LogP contribution in [0.25, 0.3) is 5.82 Å². The number of pyridine rings is 1. The van der Waals surface area contributed by atoms with Crippen LogP contribution in [0.2, 0.25) is 5.02 Å². The molecule has 0 bridgehead atoms. The lowest BCUT2D eigenvalue weighted by Gasteiger charge is -2.36. The van der Waals surface area contributed by atoms with Crippen LogP contribution >= 0.6 is 27.5 Å². The third kappa shape index (κ3) is 3.52. The Labute approximate surface area is 164 Å². The summed E-state index contributed by atoms with van der Waals surface area (Å²) in [6.07, 6.45) is 5.40. The van der Waals surface area contributed by atoms with Crippen LogP contribution in [0.4, 0.5) is 11.6 Å². The van der Waals surface area contributed by atoms with E-state index >= 15 is 0 Å². The zero-order chi connectivity index (χ0) is 18.1. The van der Waals surface area contributed by atoms with Crippen molar-refractivity contribution in [3.8, 4) is 5.82 Å². The Hall–Kier alpha value is -2.19. The van der Waals surface area contributed by atoms with Gasteiger partial charge in [0.05, 0.1) is 5.02 Å². The molecule has 3 aromatic heterocycles. The van der Waals surface area contributed by atoms with Crippen LogP contribution < -0.4 is 9.80 Å². The van der Waals surface area contributed by atoms with Gasteiger partial charge >= 0.3 is 0 Å². The van der Waals surface area contributed by atoms with E-state index < -0.39 is 0 Å². The fourth-order valence-corrected chi connectivity index (χ4v) is 3.76. The quantitative estimate of drug-likeness (QED) is 0.631. The van der Waals surface area contributed by atoms with E-state index in [4.69, 9.17) is 11.6 Å². The fraction of sp³-hybridized carbons (Fsp3) is 0.294. The lowest BCUT2D eigenvalue weighted by molar-refractivity contribution is 0.639. The van der Waals surface area contributed by atoms with Crippen LogP contribution in [-0.2, 0) is 0 Å². The Morgan fingerprint density at radius 3 is 2.46 bits per heavy atom. The Morgan fingerprint density at radius 1 is 1.04 bits per heavy atom. The fourth-order valence-electron chi connectivity index (χ4n) is 3.01. The third-order valence-corrected chi connectivity index (χ3v) is 4.95. The molecule has 0 aromatic carbocycles. The molecule has 1 fully saturated rings. The zero-order valence-corrected chi connectivity index (χ0v) is 16.5. The first-order chi connectivity index (χ1) is 12.6. The molecule has 0 unspecified atom stereocenters. The van der Waals surface area contributed by atoms with E-state index in [1.54, 1.807) is 17.1 Å². The summed E-state index contributed by atoms with van der Waals surface area (Å²) in [5.74, 6) is 3.24. The van der Waals surface area contributed by atoms with Crippen molar-refractivity contribution in [1.29, 1.82) is 0 Å². The molecule has 7 nitrogen and oxygen atoms in total. The molecule has 134 valence electrons. The molecule has 26 heavy (non-hydrogen) atoms. The van der Waals surface area contributed by atoms with E-state index in [0.29, 0.717) is 5.02 Å². The van der Waals surface area contributed by atoms with Gasteiger partial charge in [0.25, 0.3) is 0 Å².